The van der Waals surface area contributed by atoms with E-state index in [1.54, 1.807) is 18.2 Å². The van der Waals surface area contributed by atoms with E-state index in [2.05, 4.69) is 20.7 Å². The molecule has 1 saturated carbocycles. The van der Waals surface area contributed by atoms with Crippen LogP contribution in [-0.4, -0.2) is 20.5 Å². The predicted molar refractivity (Wildman–Crippen MR) is 74.8 cm³/mol. The molecule has 2 rings (SSSR count). The first-order valence-electron chi connectivity index (χ1n) is 5.87. The van der Waals surface area contributed by atoms with Crippen molar-refractivity contribution in [3.63, 3.8) is 0 Å². The number of aryl methyl sites for hydroxylation is 1. The highest BCUT2D eigenvalue weighted by atomic mass is 79.9. The summed E-state index contributed by atoms with van der Waals surface area (Å²) in [7, 11) is -3.49. The lowest BCUT2D eigenvalue weighted by Gasteiger charge is -2.38. The second kappa shape index (κ2) is 4.92. The molecule has 1 aliphatic rings. The van der Waals surface area contributed by atoms with Crippen LogP contribution in [0.3, 0.4) is 0 Å². The third kappa shape index (κ3) is 2.93. The molecule has 0 bridgehead atoms. The van der Waals surface area contributed by atoms with Crippen LogP contribution in [0.25, 0.3) is 0 Å². The van der Waals surface area contributed by atoms with Gasteiger partial charge in [0.15, 0.2) is 0 Å². The number of benzene rings is 1. The number of rotatable bonds is 4. The van der Waals surface area contributed by atoms with Gasteiger partial charge in [0.1, 0.15) is 0 Å². The zero-order chi connectivity index (χ0) is 13.4. The Bertz CT molecular complexity index is 553. The average Bonchev–Trinajstić information content (AvgIpc) is 2.23. The van der Waals surface area contributed by atoms with Crippen molar-refractivity contribution in [1.82, 2.24) is 4.72 Å². The number of nitrogens with one attached hydrogen (secondary N) is 1. The van der Waals surface area contributed by atoms with Crippen LogP contribution in [0.5, 0.6) is 0 Å². The van der Waals surface area contributed by atoms with Crippen LogP contribution in [0.4, 0.5) is 0 Å². The van der Waals surface area contributed by atoms with Gasteiger partial charge in [-0.1, -0.05) is 6.07 Å². The molecule has 0 aromatic heterocycles. The van der Waals surface area contributed by atoms with Crippen molar-refractivity contribution in [2.75, 3.05) is 6.54 Å². The maximum absolute atomic E-state index is 12.2. The molecule has 1 aromatic carbocycles. The molecule has 4 nitrogen and oxygen atoms in total. The fraction of sp³-hybridized carbons (Fsp3) is 0.500. The SMILES string of the molecule is Cc1ccc(S(=O)(=O)NCC2(N)CCC2)c(Br)c1. The van der Waals surface area contributed by atoms with Crippen molar-refractivity contribution in [2.24, 2.45) is 5.73 Å². The minimum Gasteiger partial charge on any atom is -0.324 e. The molecule has 100 valence electrons. The molecule has 18 heavy (non-hydrogen) atoms. The van der Waals surface area contributed by atoms with Crippen molar-refractivity contribution in [2.45, 2.75) is 36.6 Å². The number of hydrogen-bond donors (Lipinski definition) is 2. The molecule has 0 radical (unpaired) electrons. The number of hydrogen-bond acceptors (Lipinski definition) is 3. The predicted octanol–water partition coefficient (Wildman–Crippen LogP) is 1.92. The molecule has 0 amide bonds. The molecule has 0 aliphatic heterocycles. The van der Waals surface area contributed by atoms with Crippen molar-refractivity contribution in [3.05, 3.63) is 28.2 Å². The van der Waals surface area contributed by atoms with Gasteiger partial charge in [-0.3, -0.25) is 0 Å². The summed E-state index contributed by atoms with van der Waals surface area (Å²) in [5.41, 5.74) is 6.66. The zero-order valence-corrected chi connectivity index (χ0v) is 12.6. The summed E-state index contributed by atoms with van der Waals surface area (Å²) >= 11 is 3.28. The molecular formula is C12H17BrN2O2S. The van der Waals surface area contributed by atoms with Crippen LogP contribution in [0.2, 0.25) is 0 Å². The summed E-state index contributed by atoms with van der Waals surface area (Å²) in [6, 6.07) is 5.17. The molecule has 0 unspecified atom stereocenters. The quantitative estimate of drug-likeness (QED) is 0.884. The summed E-state index contributed by atoms with van der Waals surface area (Å²) in [6.45, 7) is 2.22. The van der Waals surface area contributed by atoms with E-state index < -0.39 is 10.0 Å². The minimum absolute atomic E-state index is 0.260. The maximum atomic E-state index is 12.2. The van der Waals surface area contributed by atoms with Gasteiger partial charge in [-0.25, -0.2) is 13.1 Å². The second-order valence-electron chi connectivity index (χ2n) is 4.97. The lowest BCUT2D eigenvalue weighted by atomic mass is 9.78. The van der Waals surface area contributed by atoms with Gasteiger partial charge >= 0.3 is 0 Å². The maximum Gasteiger partial charge on any atom is 0.241 e. The molecule has 1 aromatic rings. The van der Waals surface area contributed by atoms with E-state index in [0.717, 1.165) is 24.8 Å². The largest absolute Gasteiger partial charge is 0.324 e. The molecule has 6 heteroatoms. The lowest BCUT2D eigenvalue weighted by Crippen LogP contribution is -2.54. The van der Waals surface area contributed by atoms with E-state index in [4.69, 9.17) is 5.73 Å². The molecular weight excluding hydrogens is 316 g/mol. The van der Waals surface area contributed by atoms with E-state index in [1.165, 1.54) is 0 Å². The average molecular weight is 333 g/mol. The van der Waals surface area contributed by atoms with E-state index in [0.29, 0.717) is 11.0 Å². The number of halogens is 1. The van der Waals surface area contributed by atoms with Gasteiger partial charge in [-0.15, -0.1) is 0 Å². The zero-order valence-electron chi connectivity index (χ0n) is 10.2. The fourth-order valence-corrected chi connectivity index (χ4v) is 4.28. The smallest absolute Gasteiger partial charge is 0.241 e. The molecule has 1 fully saturated rings. The Morgan fingerprint density at radius 2 is 2.11 bits per heavy atom. The summed E-state index contributed by atoms with van der Waals surface area (Å²) < 4.78 is 27.5. The Balaban J connectivity index is 2.15. The Labute approximate surface area is 116 Å². The Hall–Kier alpha value is -0.430. The van der Waals surface area contributed by atoms with Crippen LogP contribution >= 0.6 is 15.9 Å². The van der Waals surface area contributed by atoms with Crippen LogP contribution in [0.15, 0.2) is 27.6 Å². The highest BCUT2D eigenvalue weighted by molar-refractivity contribution is 9.10. The van der Waals surface area contributed by atoms with Crippen molar-refractivity contribution in [3.8, 4) is 0 Å². The third-order valence-electron chi connectivity index (χ3n) is 3.34. The number of nitrogens with two attached hydrogens (primary N) is 1. The summed E-state index contributed by atoms with van der Waals surface area (Å²) in [4.78, 5) is 0.260. The third-order valence-corrected chi connectivity index (χ3v) is 5.72. The van der Waals surface area contributed by atoms with E-state index in [9.17, 15) is 8.42 Å². The van der Waals surface area contributed by atoms with E-state index >= 15 is 0 Å². The van der Waals surface area contributed by atoms with Gasteiger partial charge in [0, 0.05) is 16.6 Å². The van der Waals surface area contributed by atoms with Crippen molar-refractivity contribution < 1.29 is 8.42 Å². The Kier molecular flexibility index (Phi) is 3.82. The van der Waals surface area contributed by atoms with Gasteiger partial charge < -0.3 is 5.73 Å². The lowest BCUT2D eigenvalue weighted by molar-refractivity contribution is 0.251. The van der Waals surface area contributed by atoms with Gasteiger partial charge in [0.2, 0.25) is 10.0 Å². The van der Waals surface area contributed by atoms with Crippen molar-refractivity contribution in [1.29, 1.82) is 0 Å². The normalized spacial score (nSPS) is 18.4. The highest BCUT2D eigenvalue weighted by Crippen LogP contribution is 2.29. The molecule has 3 N–H and O–H groups in total. The molecule has 0 heterocycles. The van der Waals surface area contributed by atoms with Crippen LogP contribution in [-0.2, 0) is 10.0 Å². The summed E-state index contributed by atoms with van der Waals surface area (Å²) in [6.07, 6.45) is 2.83. The standard InChI is InChI=1S/C12H17BrN2O2S/c1-9-3-4-11(10(13)7-9)18(16,17)15-8-12(14)5-2-6-12/h3-4,7,15H,2,5-6,8,14H2,1H3. The van der Waals surface area contributed by atoms with E-state index in [1.807, 2.05) is 6.92 Å². The Morgan fingerprint density at radius 1 is 1.44 bits per heavy atom. The van der Waals surface area contributed by atoms with Crippen LogP contribution < -0.4 is 10.5 Å². The van der Waals surface area contributed by atoms with Gasteiger partial charge in [-0.05, 0) is 59.8 Å². The van der Waals surface area contributed by atoms with Gasteiger partial charge in [0.25, 0.3) is 0 Å². The highest BCUT2D eigenvalue weighted by Gasteiger charge is 2.34. The first-order chi connectivity index (χ1) is 8.32. The minimum atomic E-state index is -3.49. The number of sulfonamides is 1. The molecule has 1 aliphatic carbocycles. The molecule has 0 saturated heterocycles. The van der Waals surface area contributed by atoms with Crippen LogP contribution in [0, 0.1) is 6.92 Å². The van der Waals surface area contributed by atoms with Gasteiger partial charge in [-0.2, -0.15) is 0 Å². The molecule has 0 spiro atoms. The monoisotopic (exact) mass is 332 g/mol. The summed E-state index contributed by atoms with van der Waals surface area (Å²) in [5.74, 6) is 0. The van der Waals surface area contributed by atoms with Crippen LogP contribution in [0.1, 0.15) is 24.8 Å². The van der Waals surface area contributed by atoms with Crippen molar-refractivity contribution >= 4 is 26.0 Å². The molecule has 0 atom stereocenters. The first kappa shape index (κ1) is 14.0. The van der Waals surface area contributed by atoms with E-state index in [-0.39, 0.29) is 10.4 Å². The first-order valence-corrected chi connectivity index (χ1v) is 8.15. The summed E-state index contributed by atoms with van der Waals surface area (Å²) in [5, 5.41) is 0. The Morgan fingerprint density at radius 3 is 2.61 bits per heavy atom. The topological polar surface area (TPSA) is 72.2 Å². The van der Waals surface area contributed by atoms with Gasteiger partial charge in [0.05, 0.1) is 4.90 Å². The fourth-order valence-electron chi connectivity index (χ4n) is 1.95. The second-order valence-corrected chi connectivity index (χ2v) is 7.56.